The highest BCUT2D eigenvalue weighted by Gasteiger charge is 2.25. The quantitative estimate of drug-likeness (QED) is 0.103. The third kappa shape index (κ3) is 14.7. The van der Waals surface area contributed by atoms with E-state index in [1.54, 1.807) is 28.0 Å². The van der Waals surface area contributed by atoms with Crippen molar-refractivity contribution in [2.75, 3.05) is 55.2 Å². The Bertz CT molecular complexity index is 4410. The number of nitriles is 3. The van der Waals surface area contributed by atoms with Gasteiger partial charge in [0.1, 0.15) is 87.0 Å². The first-order valence-corrected chi connectivity index (χ1v) is 28.1. The Hall–Kier alpha value is -7.02. The number of benzene rings is 3. The second kappa shape index (κ2) is 26.7. The van der Waals surface area contributed by atoms with E-state index < -0.39 is 61.1 Å². The van der Waals surface area contributed by atoms with Gasteiger partial charge in [0, 0.05) is 81.0 Å². The van der Waals surface area contributed by atoms with Crippen LogP contribution in [0.15, 0.2) is 73.5 Å². The van der Waals surface area contributed by atoms with Crippen LogP contribution in [-0.4, -0.2) is 117 Å². The Morgan fingerprint density at radius 3 is 1.27 bits per heavy atom. The van der Waals surface area contributed by atoms with Crippen LogP contribution in [0.5, 0.6) is 0 Å². The maximum atomic E-state index is 13.8. The molecule has 0 radical (unpaired) electrons. The molecule has 0 amide bonds. The lowest BCUT2D eigenvalue weighted by Gasteiger charge is -2.32. The standard InChI is InChI=1S/3C18H16ClFN6S/c3*19-18-25-15-16(22-10-23-17(15)27-18)24-13-3-5-26(6-4-13)9-11-1-2-14(20)12(7-11)8-21/h3*1-2,7,10,13H,3-6,9H2,(H,22,23,24)/i2D,9D,10D,13D;2D,9D,13D;2D,9D/hD3. The smallest absolute Gasteiger partial charge is 0.186 e. The minimum absolute atomic E-state index is 0.0325. The van der Waals surface area contributed by atoms with Gasteiger partial charge in [0.05, 0.1) is 23.5 Å². The molecule has 3 N–H and O–H groups in total. The summed E-state index contributed by atoms with van der Waals surface area (Å²) in [5.74, 6) is -2.04. The number of nitrogens with one attached hydrogen (secondary N) is 3. The number of likely N-dealkylation sites (tertiary alicyclic amines) is 3. The minimum Gasteiger partial charge on any atom is -0.365 e. The number of rotatable bonds is 12. The molecule has 9 aromatic rings. The van der Waals surface area contributed by atoms with E-state index >= 15 is 0 Å². The number of hydrogen-bond acceptors (Lipinski definition) is 21. The molecule has 3 fully saturated rings. The van der Waals surface area contributed by atoms with Crippen LogP contribution in [0, 0.1) is 51.4 Å². The molecular weight excluding hydrogens is 1160 g/mol. The largest absolute Gasteiger partial charge is 0.365 e. The summed E-state index contributed by atoms with van der Waals surface area (Å²) in [6, 6.07) is 8.74. The summed E-state index contributed by atoms with van der Waals surface area (Å²) in [5.41, 5.74) is 1.44. The van der Waals surface area contributed by atoms with Crippen LogP contribution >= 0.6 is 68.8 Å². The van der Waals surface area contributed by atoms with E-state index in [0.717, 1.165) is 22.0 Å². The van der Waals surface area contributed by atoms with Gasteiger partial charge >= 0.3 is 0 Å². The Morgan fingerprint density at radius 2 is 0.889 bits per heavy atom. The highest BCUT2D eigenvalue weighted by atomic mass is 35.5. The van der Waals surface area contributed by atoms with Gasteiger partial charge in [-0.05, 0) is 91.5 Å². The molecule has 3 aliphatic heterocycles. The lowest BCUT2D eigenvalue weighted by atomic mass is 10.0. The Morgan fingerprint density at radius 1 is 0.543 bits per heavy atom. The molecule has 3 saturated heterocycles. The molecule has 9 heterocycles. The number of piperidine rings is 3. The summed E-state index contributed by atoms with van der Waals surface area (Å²) in [4.78, 5) is 44.0. The second-order valence-electron chi connectivity index (χ2n) is 17.9. The normalized spacial score (nSPS) is 19.8. The molecule has 3 atom stereocenters. The van der Waals surface area contributed by atoms with Gasteiger partial charge in [-0.2, -0.15) is 15.8 Å². The van der Waals surface area contributed by atoms with E-state index in [0.29, 0.717) is 91.5 Å². The number of nitrogens with zero attached hydrogens (tertiary/aromatic N) is 15. The molecule has 81 heavy (non-hydrogen) atoms. The van der Waals surface area contributed by atoms with E-state index in [9.17, 15) is 13.2 Å². The molecule has 0 aliphatic carbocycles. The van der Waals surface area contributed by atoms with Gasteiger partial charge in [-0.25, -0.2) is 58.0 Å². The van der Waals surface area contributed by atoms with Gasteiger partial charge < -0.3 is 15.9 Å². The molecular formula is C54H48Cl3F3N18S3. The van der Waals surface area contributed by atoms with Crippen LogP contribution in [-0.2, 0) is 19.6 Å². The molecule has 3 unspecified atom stereocenters. The lowest BCUT2D eigenvalue weighted by Crippen LogP contribution is -2.38. The summed E-state index contributed by atoms with van der Waals surface area (Å²) >= 11 is 21.4. The van der Waals surface area contributed by atoms with E-state index in [-0.39, 0.29) is 99.9 Å². The van der Waals surface area contributed by atoms with Crippen LogP contribution in [0.4, 0.5) is 30.6 Å². The zero-order valence-electron chi connectivity index (χ0n) is 54.0. The molecule has 6 aromatic heterocycles. The van der Waals surface area contributed by atoms with E-state index in [1.807, 2.05) is 4.90 Å². The average molecular weight is 1220 g/mol. The van der Waals surface area contributed by atoms with Gasteiger partial charge in [-0.1, -0.05) is 87.0 Å². The zero-order valence-corrected chi connectivity index (χ0v) is 46.7. The number of thiazole rings is 3. The van der Waals surface area contributed by atoms with Crippen molar-refractivity contribution in [1.82, 2.24) is 59.6 Å². The first-order chi connectivity index (χ1) is 44.2. The lowest BCUT2D eigenvalue weighted by molar-refractivity contribution is 0.211. The SMILES string of the molecule is [2H]c1cc(C([2H])N2CCC(N([2H])c3ncnc4sc(Cl)nc34)CC2)cc(C#N)c1F.[2H]c1cc(C([2H])N2CCC([2H])(N([2H])c3ncnc4sc(Cl)nc34)CC2)cc(C#N)c1F.[2H]c1nc(N([2H])C2([2H])CCN(C([2H])c3cc([2H])c(F)c(C#N)c3)CC2)c2nc(Cl)sc2n1. The van der Waals surface area contributed by atoms with Crippen LogP contribution in [0.25, 0.3) is 31.0 Å². The molecule has 0 bridgehead atoms. The summed E-state index contributed by atoms with van der Waals surface area (Å²) < 4.78 is 142. The maximum Gasteiger partial charge on any atom is 0.186 e. The fourth-order valence-corrected chi connectivity index (χ4v) is 11.4. The number of aromatic nitrogens is 9. The highest BCUT2D eigenvalue weighted by Crippen LogP contribution is 2.32. The number of fused-ring (bicyclic) bond motifs is 3. The van der Waals surface area contributed by atoms with Crippen LogP contribution in [0.2, 0.25) is 17.6 Å². The van der Waals surface area contributed by atoms with Crippen LogP contribution in [0.1, 0.15) is 84.2 Å². The second-order valence-corrected chi connectivity index (χ2v) is 22.6. The van der Waals surface area contributed by atoms with Crippen LogP contribution in [0.3, 0.4) is 0 Å². The van der Waals surface area contributed by atoms with E-state index in [4.69, 9.17) is 67.2 Å². The topological polar surface area (TPSA) is 233 Å². The molecule has 414 valence electrons. The first kappa shape index (κ1) is 43.7. The molecule has 0 saturated carbocycles. The average Bonchev–Trinajstić information content (AvgIpc) is 1.95. The predicted molar refractivity (Wildman–Crippen MR) is 310 cm³/mol. The summed E-state index contributed by atoms with van der Waals surface area (Å²) in [6.45, 7) is -0.400. The van der Waals surface area contributed by atoms with Gasteiger partial charge in [-0.3, -0.25) is 14.7 Å². The maximum absolute atomic E-state index is 13.8. The van der Waals surface area contributed by atoms with Crippen molar-refractivity contribution in [1.29, 1.82) is 15.8 Å². The fourth-order valence-electron chi connectivity index (χ4n) is 8.62. The van der Waals surface area contributed by atoms with Gasteiger partial charge in [0.25, 0.3) is 0 Å². The monoisotopic (exact) mass is 1220 g/mol. The van der Waals surface area contributed by atoms with Gasteiger partial charge in [0.15, 0.2) is 35.1 Å². The predicted octanol–water partition coefficient (Wildman–Crippen LogP) is 11.5. The Labute approximate surface area is 507 Å². The zero-order chi connectivity index (χ0) is 67.0. The van der Waals surface area contributed by atoms with E-state index in [2.05, 4.69) is 44.9 Å². The third-order valence-corrected chi connectivity index (χ3v) is 15.8. The van der Waals surface area contributed by atoms with E-state index in [1.165, 1.54) is 77.0 Å². The molecule has 3 aromatic carbocycles. The van der Waals surface area contributed by atoms with Crippen molar-refractivity contribution in [2.24, 2.45) is 0 Å². The molecule has 0 spiro atoms. The Kier molecular flexibility index (Phi) is 14.4. The molecule has 18 nitrogen and oxygen atoms in total. The summed E-state index contributed by atoms with van der Waals surface area (Å²) in [7, 11) is 0. The molecule has 27 heteroatoms. The van der Waals surface area contributed by atoms with Crippen molar-refractivity contribution in [3.63, 3.8) is 0 Å². The van der Waals surface area contributed by atoms with Crippen molar-refractivity contribution in [3.8, 4) is 18.2 Å². The van der Waals surface area contributed by atoms with Gasteiger partial charge in [-0.15, -0.1) is 0 Å². The Balaban J connectivity index is 0.000000153. The third-order valence-electron chi connectivity index (χ3n) is 12.6. The molecule has 12 rings (SSSR count). The van der Waals surface area contributed by atoms with Crippen molar-refractivity contribution >= 4 is 117 Å². The highest BCUT2D eigenvalue weighted by molar-refractivity contribution is 7.22. The summed E-state index contributed by atoms with van der Waals surface area (Å²) in [5, 5.41) is 30.4. The minimum atomic E-state index is -1.39. The van der Waals surface area contributed by atoms with Crippen LogP contribution < -0.4 is 15.9 Å². The van der Waals surface area contributed by atoms with Crippen molar-refractivity contribution < 1.29 is 29.7 Å². The van der Waals surface area contributed by atoms with Crippen molar-refractivity contribution in [3.05, 3.63) is 138 Å². The fraction of sp³-hybridized carbons (Fsp3) is 0.333. The number of halogens is 6. The summed E-state index contributed by atoms with van der Waals surface area (Å²) in [6.07, 6.45) is 4.49. The number of hydrogen-bond donors (Lipinski definition) is 3. The molecule has 3 aliphatic rings. The van der Waals surface area contributed by atoms with Crippen molar-refractivity contribution in [2.45, 2.75) is 76.2 Å². The van der Waals surface area contributed by atoms with Gasteiger partial charge in [0.2, 0.25) is 0 Å². The first-order valence-electron chi connectivity index (χ1n) is 30.6. The number of anilines is 3.